The van der Waals surface area contributed by atoms with Crippen LogP contribution in [0.3, 0.4) is 0 Å². The lowest BCUT2D eigenvalue weighted by Gasteiger charge is -2.20. The lowest BCUT2D eigenvalue weighted by Crippen LogP contribution is -2.37. The summed E-state index contributed by atoms with van der Waals surface area (Å²) in [6, 6.07) is 10.4. The number of rotatable bonds is 17. The van der Waals surface area contributed by atoms with E-state index in [9.17, 15) is 14.4 Å². The Labute approximate surface area is 365 Å². The van der Waals surface area contributed by atoms with Crippen LogP contribution in [0.4, 0.5) is 10.1 Å². The molecule has 1 aliphatic carbocycles. The number of carbonyl (C=O) groups excluding carboxylic acids is 3. The minimum atomic E-state index is -0.653. The molecule has 334 valence electrons. The Bertz CT molecular complexity index is 1830. The van der Waals surface area contributed by atoms with Crippen molar-refractivity contribution in [1.82, 2.24) is 15.6 Å². The molecule has 1 aliphatic rings. The molecule has 3 amide bonds. The molecule has 3 atom stereocenters. The first-order chi connectivity index (χ1) is 28.8. The first-order valence-electron chi connectivity index (χ1n) is 21.6. The number of methoxy groups -OCH3 is 2. The van der Waals surface area contributed by atoms with E-state index in [4.69, 9.17) is 26.8 Å². The van der Waals surface area contributed by atoms with Crippen molar-refractivity contribution >= 4 is 35.0 Å². The molecule has 3 unspecified atom stereocenters. The second-order valence-corrected chi connectivity index (χ2v) is 15.0. The number of carbonyl (C=O) groups is 3. The molecular formula is C48H73ClFN5O5. The van der Waals surface area contributed by atoms with Crippen LogP contribution in [0.25, 0.3) is 22.4 Å². The zero-order chi connectivity index (χ0) is 45.4. The van der Waals surface area contributed by atoms with E-state index in [0.29, 0.717) is 45.0 Å². The molecule has 60 heavy (non-hydrogen) atoms. The van der Waals surface area contributed by atoms with Crippen molar-refractivity contribution in [3.8, 4) is 28.3 Å². The lowest BCUT2D eigenvalue weighted by molar-refractivity contribution is -0.125. The van der Waals surface area contributed by atoms with Crippen LogP contribution in [-0.2, 0) is 32.0 Å². The average molecular weight is 855 g/mol. The minimum Gasteiger partial charge on any atom is -0.481 e. The minimum absolute atomic E-state index is 0.00768. The number of aryl methyl sites for hydroxylation is 1. The van der Waals surface area contributed by atoms with Crippen molar-refractivity contribution in [2.24, 2.45) is 17.6 Å². The number of nitrogens with zero attached hydrogens (tertiary/aromatic N) is 1. The van der Waals surface area contributed by atoms with Gasteiger partial charge in [0.2, 0.25) is 11.8 Å². The Balaban J connectivity index is 0.000000651. The van der Waals surface area contributed by atoms with Crippen LogP contribution in [0.15, 0.2) is 48.0 Å². The molecule has 2 aromatic carbocycles. The summed E-state index contributed by atoms with van der Waals surface area (Å²) in [5.41, 5.74) is 10.5. The largest absolute Gasteiger partial charge is 0.481 e. The number of aromatic nitrogens is 1. The summed E-state index contributed by atoms with van der Waals surface area (Å²) in [7, 11) is 4.73. The van der Waals surface area contributed by atoms with E-state index in [0.717, 1.165) is 63.0 Å². The van der Waals surface area contributed by atoms with Crippen LogP contribution in [0, 0.1) is 24.6 Å². The number of hydrogen-bond acceptors (Lipinski definition) is 7. The standard InChI is InChI=1S/C28H28ClFN4O3.C14H29NO.C4H10O.C2H6/c1-15-22(33-27(36)20(12-13-31)26(35)32-2)11-10-21(30)24(15)19-9-5-8-18(25(19)29)23-14-16-6-4-7-17(16)28(34-23)37-3;1-6-11(4)9-10-13(8-3)15-14(16)12(5)7-2;1-3-4-5-2;1-2/h5,8-12,14H,4,6-7,13,31H2,1-3H3,(H,32,35)(H,33,36);11-13H,6-10H2,1-5H3,(H,15,16);3-4H2,1-2H3;1-2H3/b20-12+;;;. The quantitative estimate of drug-likeness (QED) is 0.0601. The van der Waals surface area contributed by atoms with Crippen molar-refractivity contribution in [2.45, 2.75) is 126 Å². The van der Waals surface area contributed by atoms with E-state index in [1.807, 2.05) is 32.9 Å². The molecule has 0 radical (unpaired) electrons. The van der Waals surface area contributed by atoms with Crippen molar-refractivity contribution in [3.05, 3.63) is 75.6 Å². The molecule has 0 bridgehead atoms. The van der Waals surface area contributed by atoms with Gasteiger partial charge in [0.05, 0.1) is 17.8 Å². The summed E-state index contributed by atoms with van der Waals surface area (Å²) in [6.45, 7) is 19.4. The van der Waals surface area contributed by atoms with Crippen molar-refractivity contribution in [3.63, 3.8) is 0 Å². The zero-order valence-electron chi connectivity index (χ0n) is 38.4. The predicted molar refractivity (Wildman–Crippen MR) is 247 cm³/mol. The van der Waals surface area contributed by atoms with Gasteiger partial charge in [-0.1, -0.05) is 97.7 Å². The SMILES string of the molecule is CC.CCC(C)CCC(CC)NC(=O)C(C)CC.CCCOC.CNC(=O)/C(=C\CN)C(=O)Nc1ccc(F)c(-c2cccc(-c3cc4c(c(OC)n3)CCC4)c2Cl)c1C. The number of hydrogen-bond donors (Lipinski definition) is 4. The highest BCUT2D eigenvalue weighted by Crippen LogP contribution is 2.42. The first kappa shape index (κ1) is 53.7. The summed E-state index contributed by atoms with van der Waals surface area (Å²) in [5, 5.41) is 8.60. The van der Waals surface area contributed by atoms with Crippen LogP contribution >= 0.6 is 11.6 Å². The maximum atomic E-state index is 15.2. The number of nitrogens with two attached hydrogens (primary N) is 1. The van der Waals surface area contributed by atoms with E-state index in [2.05, 4.69) is 55.6 Å². The van der Waals surface area contributed by atoms with Gasteiger partial charge >= 0.3 is 0 Å². The van der Waals surface area contributed by atoms with Gasteiger partial charge in [0.25, 0.3) is 11.8 Å². The number of likely N-dealkylation sites (N-methyl/N-ethyl adjacent to an activating group) is 1. The van der Waals surface area contributed by atoms with Gasteiger partial charge < -0.3 is 31.2 Å². The number of benzene rings is 2. The molecule has 0 saturated carbocycles. The smallest absolute Gasteiger partial charge is 0.260 e. The van der Waals surface area contributed by atoms with Gasteiger partial charge in [-0.3, -0.25) is 14.4 Å². The van der Waals surface area contributed by atoms with Gasteiger partial charge in [0.1, 0.15) is 11.4 Å². The maximum Gasteiger partial charge on any atom is 0.260 e. The van der Waals surface area contributed by atoms with Crippen molar-refractivity contribution in [2.75, 3.05) is 39.7 Å². The van der Waals surface area contributed by atoms with Gasteiger partial charge in [0, 0.05) is 67.2 Å². The third-order valence-corrected chi connectivity index (χ3v) is 10.9. The number of nitrogens with one attached hydrogen (secondary N) is 3. The van der Waals surface area contributed by atoms with Crippen LogP contribution in [-0.4, -0.2) is 63.2 Å². The zero-order valence-corrected chi connectivity index (χ0v) is 39.1. The summed E-state index contributed by atoms with van der Waals surface area (Å²) in [6.07, 6.45) is 10.9. The molecule has 1 heterocycles. The average Bonchev–Trinajstić information content (AvgIpc) is 3.75. The third-order valence-electron chi connectivity index (χ3n) is 10.5. The number of pyridine rings is 1. The Kier molecular flexibility index (Phi) is 26.0. The molecule has 0 fully saturated rings. The molecule has 10 nitrogen and oxygen atoms in total. The molecule has 12 heteroatoms. The molecule has 0 aliphatic heterocycles. The fourth-order valence-electron chi connectivity index (χ4n) is 6.45. The third kappa shape index (κ3) is 15.9. The normalized spacial score (nSPS) is 13.1. The van der Waals surface area contributed by atoms with Crippen LogP contribution in [0.1, 0.15) is 117 Å². The van der Waals surface area contributed by atoms with Gasteiger partial charge in [-0.2, -0.15) is 0 Å². The Morgan fingerprint density at radius 3 is 2.20 bits per heavy atom. The fraction of sp³-hybridized carbons (Fsp3) is 0.542. The summed E-state index contributed by atoms with van der Waals surface area (Å²) >= 11 is 6.87. The van der Waals surface area contributed by atoms with Gasteiger partial charge in [0.15, 0.2) is 0 Å². The molecule has 0 saturated heterocycles. The maximum absolute atomic E-state index is 15.2. The number of fused-ring (bicyclic) bond motifs is 1. The Morgan fingerprint density at radius 1 is 0.967 bits per heavy atom. The summed E-state index contributed by atoms with van der Waals surface area (Å²) in [4.78, 5) is 41.3. The van der Waals surface area contributed by atoms with Crippen LogP contribution in [0.5, 0.6) is 5.88 Å². The molecule has 4 rings (SSSR count). The van der Waals surface area contributed by atoms with Crippen molar-refractivity contribution < 1.29 is 28.2 Å². The second kappa shape index (κ2) is 29.0. The lowest BCUT2D eigenvalue weighted by atomic mass is 9.95. The number of ether oxygens (including phenoxy) is 2. The van der Waals surface area contributed by atoms with Crippen LogP contribution in [0.2, 0.25) is 5.02 Å². The van der Waals surface area contributed by atoms with Crippen molar-refractivity contribution in [1.29, 1.82) is 0 Å². The van der Waals surface area contributed by atoms with E-state index in [1.54, 1.807) is 33.3 Å². The highest BCUT2D eigenvalue weighted by atomic mass is 35.5. The predicted octanol–water partition coefficient (Wildman–Crippen LogP) is 10.4. The van der Waals surface area contributed by atoms with E-state index >= 15 is 4.39 Å². The fourth-order valence-corrected chi connectivity index (χ4v) is 6.77. The molecule has 1 aromatic heterocycles. The molecule has 3 aromatic rings. The highest BCUT2D eigenvalue weighted by Gasteiger charge is 2.24. The topological polar surface area (TPSA) is 145 Å². The molecular weight excluding hydrogens is 781 g/mol. The van der Waals surface area contributed by atoms with E-state index in [1.165, 1.54) is 43.7 Å². The molecule has 5 N–H and O–H groups in total. The number of halogens is 2. The van der Waals surface area contributed by atoms with Gasteiger partial charge in [-0.05, 0) is 93.5 Å². The summed E-state index contributed by atoms with van der Waals surface area (Å²) < 4.78 is 25.5. The highest BCUT2D eigenvalue weighted by molar-refractivity contribution is 6.36. The molecule has 0 spiro atoms. The van der Waals surface area contributed by atoms with Gasteiger partial charge in [-0.25, -0.2) is 9.37 Å². The number of anilines is 1. The summed E-state index contributed by atoms with van der Waals surface area (Å²) in [5.74, 6) is -0.00420. The first-order valence-corrected chi connectivity index (χ1v) is 22.0. The monoisotopic (exact) mass is 854 g/mol. The number of amides is 3. The van der Waals surface area contributed by atoms with E-state index in [-0.39, 0.29) is 29.5 Å². The van der Waals surface area contributed by atoms with Gasteiger partial charge in [-0.15, -0.1) is 0 Å². The van der Waals surface area contributed by atoms with Crippen LogP contribution < -0.4 is 26.4 Å². The Hall–Kier alpha value is -4.32. The van der Waals surface area contributed by atoms with E-state index < -0.39 is 17.6 Å². The second-order valence-electron chi connectivity index (χ2n) is 14.7. The Morgan fingerprint density at radius 2 is 1.65 bits per heavy atom.